The lowest BCUT2D eigenvalue weighted by Crippen LogP contribution is -2.41. The van der Waals surface area contributed by atoms with E-state index in [4.69, 9.17) is 15.7 Å². The van der Waals surface area contributed by atoms with E-state index < -0.39 is 5.72 Å². The summed E-state index contributed by atoms with van der Waals surface area (Å²) in [5, 5.41) is 8.65. The van der Waals surface area contributed by atoms with Crippen molar-refractivity contribution in [1.29, 1.82) is 5.26 Å². The summed E-state index contributed by atoms with van der Waals surface area (Å²) in [7, 11) is 0. The number of nitriles is 1. The number of hydrogen-bond acceptors (Lipinski definition) is 3. The van der Waals surface area contributed by atoms with E-state index in [1.165, 1.54) is 0 Å². The molecule has 0 radical (unpaired) electrons. The number of nitrogens with zero attached hydrogens (tertiary/aromatic N) is 1. The lowest BCUT2D eigenvalue weighted by molar-refractivity contribution is -0.0193. The fraction of sp³-hybridized carbons (Fsp3) is 0.417. The van der Waals surface area contributed by atoms with Crippen LogP contribution < -0.4 is 5.73 Å². The molecule has 3 nitrogen and oxygen atoms in total. The third-order valence-electron chi connectivity index (χ3n) is 2.11. The van der Waals surface area contributed by atoms with Gasteiger partial charge in [0.15, 0.2) is 0 Å². The van der Waals surface area contributed by atoms with Crippen LogP contribution in [0.2, 0.25) is 0 Å². The number of nitrogens with two attached hydrogens (primary N) is 1. The van der Waals surface area contributed by atoms with E-state index in [2.05, 4.69) is 6.07 Å². The molecule has 0 spiro atoms. The molecule has 0 heterocycles. The Hall–Kier alpha value is -1.37. The van der Waals surface area contributed by atoms with Gasteiger partial charge in [-0.05, 0) is 31.5 Å². The molecule has 1 aromatic carbocycles. The molecule has 0 aliphatic carbocycles. The molecule has 0 aromatic heterocycles. The van der Waals surface area contributed by atoms with E-state index in [1.54, 1.807) is 12.1 Å². The van der Waals surface area contributed by atoms with E-state index in [1.807, 2.05) is 26.0 Å². The molecule has 1 aromatic rings. The Bertz CT molecular complexity index is 349. The molecule has 0 saturated carbocycles. The standard InChI is InChI=1S/C12H16N2O/c1-3-15-12(2,14)8-10-4-6-11(9-13)7-5-10/h4-7H,3,8,14H2,1-2H3. The maximum Gasteiger partial charge on any atom is 0.117 e. The van der Waals surface area contributed by atoms with Crippen molar-refractivity contribution >= 4 is 0 Å². The lowest BCUT2D eigenvalue weighted by atomic mass is 10.0. The average Bonchev–Trinajstić information content (AvgIpc) is 2.18. The summed E-state index contributed by atoms with van der Waals surface area (Å²) < 4.78 is 5.40. The second-order valence-electron chi connectivity index (χ2n) is 3.73. The topological polar surface area (TPSA) is 59.0 Å². The van der Waals surface area contributed by atoms with Crippen LogP contribution in [0.5, 0.6) is 0 Å². The van der Waals surface area contributed by atoms with E-state index in [-0.39, 0.29) is 0 Å². The van der Waals surface area contributed by atoms with Crippen LogP contribution in [0.25, 0.3) is 0 Å². The molecular weight excluding hydrogens is 188 g/mol. The molecule has 1 rings (SSSR count). The number of benzene rings is 1. The van der Waals surface area contributed by atoms with Crippen LogP contribution in [0.1, 0.15) is 25.0 Å². The van der Waals surface area contributed by atoms with Crippen molar-refractivity contribution in [3.05, 3.63) is 35.4 Å². The largest absolute Gasteiger partial charge is 0.361 e. The first-order valence-electron chi connectivity index (χ1n) is 4.99. The summed E-state index contributed by atoms with van der Waals surface area (Å²) in [6.07, 6.45) is 0.645. The Balaban J connectivity index is 2.69. The molecule has 1 unspecified atom stereocenters. The van der Waals surface area contributed by atoms with Crippen LogP contribution in [-0.2, 0) is 11.2 Å². The van der Waals surface area contributed by atoms with E-state index in [0.717, 1.165) is 5.56 Å². The second-order valence-corrected chi connectivity index (χ2v) is 3.73. The zero-order valence-corrected chi connectivity index (χ0v) is 9.16. The van der Waals surface area contributed by atoms with Gasteiger partial charge >= 0.3 is 0 Å². The first-order chi connectivity index (χ1) is 7.07. The molecular formula is C12H16N2O. The SMILES string of the molecule is CCOC(C)(N)Cc1ccc(C#N)cc1. The Kier molecular flexibility index (Phi) is 3.84. The van der Waals surface area contributed by atoms with Gasteiger partial charge in [-0.25, -0.2) is 0 Å². The second kappa shape index (κ2) is 4.92. The quantitative estimate of drug-likeness (QED) is 0.761. The van der Waals surface area contributed by atoms with Gasteiger partial charge in [-0.1, -0.05) is 12.1 Å². The van der Waals surface area contributed by atoms with Crippen molar-refractivity contribution in [3.8, 4) is 6.07 Å². The Morgan fingerprint density at radius 1 is 1.40 bits per heavy atom. The lowest BCUT2D eigenvalue weighted by Gasteiger charge is -2.24. The van der Waals surface area contributed by atoms with Crippen LogP contribution in [0.4, 0.5) is 0 Å². The van der Waals surface area contributed by atoms with Gasteiger partial charge in [-0.3, -0.25) is 0 Å². The summed E-state index contributed by atoms with van der Waals surface area (Å²) in [4.78, 5) is 0. The summed E-state index contributed by atoms with van der Waals surface area (Å²) in [5.41, 5.74) is 7.04. The highest BCUT2D eigenvalue weighted by Crippen LogP contribution is 2.12. The van der Waals surface area contributed by atoms with Crippen LogP contribution in [0, 0.1) is 11.3 Å². The molecule has 80 valence electrons. The van der Waals surface area contributed by atoms with Gasteiger partial charge in [0.25, 0.3) is 0 Å². The van der Waals surface area contributed by atoms with Crippen molar-refractivity contribution in [2.24, 2.45) is 5.73 Å². The molecule has 3 heteroatoms. The maximum absolute atomic E-state index is 8.65. The number of hydrogen-bond donors (Lipinski definition) is 1. The van der Waals surface area contributed by atoms with Crippen molar-refractivity contribution < 1.29 is 4.74 Å². The highest BCUT2D eigenvalue weighted by Gasteiger charge is 2.18. The van der Waals surface area contributed by atoms with E-state index in [9.17, 15) is 0 Å². The molecule has 0 aliphatic heterocycles. The first-order valence-corrected chi connectivity index (χ1v) is 4.99. The molecule has 2 N–H and O–H groups in total. The minimum absolute atomic E-state index is 0.600. The van der Waals surface area contributed by atoms with Crippen molar-refractivity contribution in [1.82, 2.24) is 0 Å². The number of rotatable bonds is 4. The molecule has 15 heavy (non-hydrogen) atoms. The predicted molar refractivity (Wildman–Crippen MR) is 59.1 cm³/mol. The van der Waals surface area contributed by atoms with Crippen LogP contribution >= 0.6 is 0 Å². The molecule has 0 amide bonds. The summed E-state index contributed by atoms with van der Waals surface area (Å²) in [6, 6.07) is 9.47. The maximum atomic E-state index is 8.65. The fourth-order valence-corrected chi connectivity index (χ4v) is 1.48. The van der Waals surface area contributed by atoms with Gasteiger partial charge in [-0.15, -0.1) is 0 Å². The average molecular weight is 204 g/mol. The third kappa shape index (κ3) is 3.70. The van der Waals surface area contributed by atoms with E-state index >= 15 is 0 Å². The minimum atomic E-state index is -0.636. The van der Waals surface area contributed by atoms with Crippen molar-refractivity contribution in [2.75, 3.05) is 6.61 Å². The van der Waals surface area contributed by atoms with Gasteiger partial charge in [0.1, 0.15) is 5.72 Å². The summed E-state index contributed by atoms with van der Waals surface area (Å²) >= 11 is 0. The fourth-order valence-electron chi connectivity index (χ4n) is 1.48. The zero-order valence-electron chi connectivity index (χ0n) is 9.16. The molecule has 0 bridgehead atoms. The Morgan fingerprint density at radius 2 is 2.00 bits per heavy atom. The third-order valence-corrected chi connectivity index (χ3v) is 2.11. The van der Waals surface area contributed by atoms with Crippen LogP contribution in [0.3, 0.4) is 0 Å². The Morgan fingerprint density at radius 3 is 2.47 bits per heavy atom. The van der Waals surface area contributed by atoms with Gasteiger partial charge in [0, 0.05) is 13.0 Å². The summed E-state index contributed by atoms with van der Waals surface area (Å²) in [5.74, 6) is 0. The number of ether oxygens (including phenoxy) is 1. The van der Waals surface area contributed by atoms with Crippen LogP contribution in [-0.4, -0.2) is 12.3 Å². The van der Waals surface area contributed by atoms with Crippen molar-refractivity contribution in [2.45, 2.75) is 26.0 Å². The van der Waals surface area contributed by atoms with Crippen molar-refractivity contribution in [3.63, 3.8) is 0 Å². The molecule has 1 atom stereocenters. The highest BCUT2D eigenvalue weighted by molar-refractivity contribution is 5.32. The first kappa shape index (κ1) is 11.7. The molecule has 0 aliphatic rings. The van der Waals surface area contributed by atoms with Gasteiger partial charge in [0.05, 0.1) is 11.6 Å². The summed E-state index contributed by atoms with van der Waals surface area (Å²) in [6.45, 7) is 4.38. The predicted octanol–water partition coefficient (Wildman–Crippen LogP) is 1.81. The monoisotopic (exact) mass is 204 g/mol. The highest BCUT2D eigenvalue weighted by atomic mass is 16.5. The van der Waals surface area contributed by atoms with E-state index in [0.29, 0.717) is 18.6 Å². The van der Waals surface area contributed by atoms with Gasteiger partial charge < -0.3 is 10.5 Å². The molecule has 0 fully saturated rings. The smallest absolute Gasteiger partial charge is 0.117 e. The van der Waals surface area contributed by atoms with Crippen LogP contribution in [0.15, 0.2) is 24.3 Å². The minimum Gasteiger partial charge on any atom is -0.361 e. The Labute approximate surface area is 90.5 Å². The zero-order chi connectivity index (χ0) is 11.3. The normalized spacial score (nSPS) is 14.3. The van der Waals surface area contributed by atoms with Gasteiger partial charge in [0.2, 0.25) is 0 Å². The molecule has 0 saturated heterocycles. The van der Waals surface area contributed by atoms with Gasteiger partial charge in [-0.2, -0.15) is 5.26 Å².